The molecule has 2 aromatic heterocycles. The molecule has 3 heterocycles. The number of rotatable bonds is 14. The summed E-state index contributed by atoms with van der Waals surface area (Å²) < 4.78 is 18.8. The molecule has 0 aliphatic carbocycles. The van der Waals surface area contributed by atoms with Crippen LogP contribution in [0.5, 0.6) is 17.2 Å². The van der Waals surface area contributed by atoms with E-state index in [1.165, 1.54) is 12.8 Å². The summed E-state index contributed by atoms with van der Waals surface area (Å²) in [6, 6.07) is 19.6. The average molecular weight is 688 g/mol. The zero-order valence-electron chi connectivity index (χ0n) is 27.2. The van der Waals surface area contributed by atoms with Gasteiger partial charge >= 0.3 is 0 Å². The van der Waals surface area contributed by atoms with Gasteiger partial charge in [-0.1, -0.05) is 53.5 Å². The first-order chi connectivity index (χ1) is 23.4. The Balaban J connectivity index is 1.17. The third-order valence-corrected chi connectivity index (χ3v) is 9.28. The summed E-state index contributed by atoms with van der Waals surface area (Å²) in [5.74, 6) is 2.39. The molecule has 1 unspecified atom stereocenters. The molecule has 48 heavy (non-hydrogen) atoms. The topological polar surface area (TPSA) is 97.4 Å². The highest BCUT2D eigenvalue weighted by molar-refractivity contribution is 6.35. The van der Waals surface area contributed by atoms with E-state index in [2.05, 4.69) is 56.7 Å². The van der Waals surface area contributed by atoms with Crippen molar-refractivity contribution in [3.63, 3.8) is 0 Å². The van der Waals surface area contributed by atoms with E-state index in [4.69, 9.17) is 37.4 Å². The molecule has 1 fully saturated rings. The maximum Gasteiger partial charge on any atom is 0.142 e. The van der Waals surface area contributed by atoms with Gasteiger partial charge < -0.3 is 24.4 Å². The third kappa shape index (κ3) is 8.65. The average Bonchev–Trinajstić information content (AvgIpc) is 3.62. The van der Waals surface area contributed by atoms with Crippen LogP contribution in [0.4, 0.5) is 0 Å². The van der Waals surface area contributed by atoms with Crippen LogP contribution < -0.4 is 19.5 Å². The lowest BCUT2D eigenvalue weighted by Crippen LogP contribution is -2.34. The zero-order valence-corrected chi connectivity index (χ0v) is 28.7. The smallest absolute Gasteiger partial charge is 0.142 e. The van der Waals surface area contributed by atoms with Crippen LogP contribution in [-0.4, -0.2) is 52.0 Å². The summed E-state index contributed by atoms with van der Waals surface area (Å²) in [6.07, 6.45) is 7.65. The number of hydrogen-bond donors (Lipinski definition) is 2. The number of piperidine rings is 1. The summed E-state index contributed by atoms with van der Waals surface area (Å²) in [6.45, 7) is 6.67. The van der Waals surface area contributed by atoms with E-state index in [1.54, 1.807) is 12.4 Å². The number of aromatic amines is 1. The molecule has 0 spiro atoms. The van der Waals surface area contributed by atoms with Crippen molar-refractivity contribution in [3.05, 3.63) is 117 Å². The van der Waals surface area contributed by atoms with Crippen molar-refractivity contribution >= 4 is 23.2 Å². The second kappa shape index (κ2) is 16.3. The molecule has 9 nitrogen and oxygen atoms in total. The van der Waals surface area contributed by atoms with E-state index in [0.717, 1.165) is 52.2 Å². The number of nitrogens with one attached hydrogen (secondary N) is 2. The van der Waals surface area contributed by atoms with Crippen molar-refractivity contribution in [2.45, 2.75) is 46.1 Å². The van der Waals surface area contributed by atoms with Gasteiger partial charge in [-0.15, -0.1) is 0 Å². The van der Waals surface area contributed by atoms with Gasteiger partial charge in [0.25, 0.3) is 0 Å². The minimum atomic E-state index is 0.256. The summed E-state index contributed by atoms with van der Waals surface area (Å²) in [7, 11) is 2.17. The second-order valence-electron chi connectivity index (χ2n) is 12.2. The van der Waals surface area contributed by atoms with Gasteiger partial charge in [0.05, 0.1) is 22.8 Å². The fourth-order valence-electron chi connectivity index (χ4n) is 5.97. The van der Waals surface area contributed by atoms with Crippen LogP contribution in [0.2, 0.25) is 10.0 Å². The quantitative estimate of drug-likeness (QED) is 0.123. The van der Waals surface area contributed by atoms with Gasteiger partial charge in [0, 0.05) is 60.7 Å². The van der Waals surface area contributed by atoms with E-state index in [-0.39, 0.29) is 6.61 Å². The van der Waals surface area contributed by atoms with E-state index < -0.39 is 0 Å². The van der Waals surface area contributed by atoms with E-state index in [0.29, 0.717) is 59.5 Å². The molecule has 0 amide bonds. The van der Waals surface area contributed by atoms with E-state index in [1.807, 2.05) is 54.7 Å². The highest BCUT2D eigenvalue weighted by Gasteiger charge is 2.20. The number of nitrogens with zero attached hydrogens (tertiary/aromatic N) is 4. The van der Waals surface area contributed by atoms with Crippen LogP contribution in [0.1, 0.15) is 40.8 Å². The minimum absolute atomic E-state index is 0.256. The number of ether oxygens (including phenoxy) is 3. The molecule has 1 aliphatic rings. The van der Waals surface area contributed by atoms with Crippen molar-refractivity contribution in [2.75, 3.05) is 26.7 Å². The van der Waals surface area contributed by atoms with Gasteiger partial charge in [-0.25, -0.2) is 0 Å². The number of halogens is 2. The molecule has 11 heteroatoms. The lowest BCUT2D eigenvalue weighted by atomic mass is 9.96. The van der Waals surface area contributed by atoms with Crippen molar-refractivity contribution < 1.29 is 14.2 Å². The molecule has 2 N–H and O–H groups in total. The Labute approximate surface area is 291 Å². The van der Waals surface area contributed by atoms with Gasteiger partial charge in [-0.3, -0.25) is 5.10 Å². The van der Waals surface area contributed by atoms with Crippen LogP contribution in [-0.2, 0) is 26.3 Å². The fraction of sp³-hybridized carbons (Fsp3) is 0.324. The van der Waals surface area contributed by atoms with Crippen LogP contribution in [0.15, 0.2) is 79.3 Å². The fourth-order valence-corrected chi connectivity index (χ4v) is 6.49. The summed E-state index contributed by atoms with van der Waals surface area (Å²) in [5, 5.41) is 19.5. The predicted molar refractivity (Wildman–Crippen MR) is 189 cm³/mol. The van der Waals surface area contributed by atoms with Crippen LogP contribution in [0.3, 0.4) is 0 Å². The largest absolute Gasteiger partial charge is 0.492 e. The Morgan fingerprint density at radius 1 is 0.917 bits per heavy atom. The molecule has 1 aliphatic heterocycles. The van der Waals surface area contributed by atoms with Gasteiger partial charge in [0.2, 0.25) is 0 Å². The van der Waals surface area contributed by atoms with Crippen molar-refractivity contribution in [1.82, 2.24) is 30.6 Å². The molecule has 1 saturated heterocycles. The molecule has 0 radical (unpaired) electrons. The number of H-pyrrole nitrogens is 1. The Morgan fingerprint density at radius 3 is 2.58 bits per heavy atom. The monoisotopic (exact) mass is 686 g/mol. The minimum Gasteiger partial charge on any atom is -0.492 e. The Hall–Kier alpha value is -4.15. The van der Waals surface area contributed by atoms with E-state index in [9.17, 15) is 0 Å². The second-order valence-corrected chi connectivity index (χ2v) is 13.0. The first-order valence-electron chi connectivity index (χ1n) is 16.2. The molecule has 1 atom stereocenters. The van der Waals surface area contributed by atoms with Crippen LogP contribution >= 0.6 is 23.2 Å². The maximum atomic E-state index is 6.96. The molecule has 0 bridgehead atoms. The number of benzene rings is 3. The maximum absolute atomic E-state index is 6.96. The molecule has 3 aromatic carbocycles. The molecule has 0 saturated carbocycles. The highest BCUT2D eigenvalue weighted by atomic mass is 35.5. The zero-order chi connectivity index (χ0) is 33.3. The predicted octanol–water partition coefficient (Wildman–Crippen LogP) is 7.65. The normalized spacial score (nSPS) is 15.0. The SMILES string of the molecule is Cc1c(COc2cc(OCc3cccnn3)c(CNCc3cn[nH]c3)cc2Cl)cccc1-c1cccc(OCC2CCCN(C)C2)c1Cl. The lowest BCUT2D eigenvalue weighted by molar-refractivity contribution is 0.150. The first kappa shape index (κ1) is 33.7. The highest BCUT2D eigenvalue weighted by Crippen LogP contribution is 2.39. The summed E-state index contributed by atoms with van der Waals surface area (Å²) in [5.41, 5.74) is 6.71. The first-order valence-corrected chi connectivity index (χ1v) is 16.9. The Bertz CT molecular complexity index is 1790. The van der Waals surface area contributed by atoms with Crippen LogP contribution in [0.25, 0.3) is 11.1 Å². The van der Waals surface area contributed by atoms with Gasteiger partial charge in [0.15, 0.2) is 0 Å². The van der Waals surface area contributed by atoms with Gasteiger partial charge in [-0.05, 0) is 74.3 Å². The summed E-state index contributed by atoms with van der Waals surface area (Å²) in [4.78, 5) is 2.36. The molecule has 250 valence electrons. The number of aromatic nitrogens is 4. The number of hydrogen-bond acceptors (Lipinski definition) is 8. The van der Waals surface area contributed by atoms with Crippen LogP contribution in [0, 0.1) is 12.8 Å². The Kier molecular flexibility index (Phi) is 11.5. The summed E-state index contributed by atoms with van der Waals surface area (Å²) >= 11 is 13.7. The van der Waals surface area contributed by atoms with Crippen molar-refractivity contribution in [2.24, 2.45) is 5.92 Å². The lowest BCUT2D eigenvalue weighted by Gasteiger charge is -2.29. The Morgan fingerprint density at radius 2 is 1.77 bits per heavy atom. The molecule has 6 rings (SSSR count). The van der Waals surface area contributed by atoms with Crippen molar-refractivity contribution in [1.29, 1.82) is 0 Å². The molecule has 5 aromatic rings. The van der Waals surface area contributed by atoms with Gasteiger partial charge in [0.1, 0.15) is 36.2 Å². The third-order valence-electron chi connectivity index (χ3n) is 8.60. The van der Waals surface area contributed by atoms with Crippen molar-refractivity contribution in [3.8, 4) is 28.4 Å². The molecular formula is C37H40Cl2N6O3. The molecular weight excluding hydrogens is 647 g/mol. The van der Waals surface area contributed by atoms with Gasteiger partial charge in [-0.2, -0.15) is 15.3 Å². The number of likely N-dealkylation sites (tertiary alicyclic amines) is 1. The standard InChI is InChI=1S/C37H40Cl2N6O3/c1-25-28(8-3-10-31(25)32-11-4-12-34(37(32)39)46-22-26-7-6-14-45(2)21-26)23-47-36-16-35(48-24-30-9-5-13-41-44-30)29(15-33(36)38)20-40-17-27-18-42-43-19-27/h3-5,8-13,15-16,18-19,26,40H,6-7,14,17,20-24H2,1-2H3,(H,42,43). The van der Waals surface area contributed by atoms with E-state index >= 15 is 0 Å².